The Labute approximate surface area is 122 Å². The number of hydrogen-bond acceptors (Lipinski definition) is 2. The summed E-state index contributed by atoms with van der Waals surface area (Å²) in [7, 11) is 1.76. The zero-order valence-corrected chi connectivity index (χ0v) is 12.1. The van der Waals surface area contributed by atoms with Crippen LogP contribution >= 0.6 is 11.6 Å². The molecule has 0 heterocycles. The predicted octanol–water partition coefficient (Wildman–Crippen LogP) is 4.32. The fraction of sp³-hybridized carbons (Fsp3) is 0.188. The summed E-state index contributed by atoms with van der Waals surface area (Å²) in [5.41, 5.74) is 1.71. The van der Waals surface area contributed by atoms with Gasteiger partial charge < -0.3 is 4.90 Å². The number of hydrogen-bond donors (Lipinski definition) is 0. The van der Waals surface area contributed by atoms with Crippen LogP contribution in [0, 0.1) is 5.82 Å². The number of carbonyl (C=O) groups excluding carboxylic acids is 1. The molecule has 0 radical (unpaired) electrons. The average molecular weight is 292 g/mol. The second-order valence-corrected chi connectivity index (χ2v) is 5.11. The summed E-state index contributed by atoms with van der Waals surface area (Å²) < 4.78 is 14.0. The highest BCUT2D eigenvalue weighted by Gasteiger charge is 2.16. The molecular weight excluding hydrogens is 277 g/mol. The molecule has 0 fully saturated rings. The molecule has 2 rings (SSSR count). The molecule has 0 amide bonds. The number of benzene rings is 2. The van der Waals surface area contributed by atoms with Crippen molar-refractivity contribution in [3.63, 3.8) is 0 Å². The molecule has 0 aliphatic rings. The van der Waals surface area contributed by atoms with E-state index in [1.807, 2.05) is 12.1 Å². The van der Waals surface area contributed by atoms with Crippen LogP contribution in [0.2, 0.25) is 5.02 Å². The third-order valence-corrected chi connectivity index (χ3v) is 3.33. The third-order valence-electron chi connectivity index (χ3n) is 3.08. The Morgan fingerprint density at radius 2 is 1.85 bits per heavy atom. The van der Waals surface area contributed by atoms with Crippen LogP contribution in [-0.2, 0) is 6.54 Å². The number of ketones is 1. The second-order valence-electron chi connectivity index (χ2n) is 4.67. The lowest BCUT2D eigenvalue weighted by molar-refractivity contribution is 0.101. The molecule has 0 saturated heterocycles. The van der Waals surface area contributed by atoms with Crippen LogP contribution in [0.4, 0.5) is 10.1 Å². The van der Waals surface area contributed by atoms with Gasteiger partial charge in [0.15, 0.2) is 5.78 Å². The fourth-order valence-electron chi connectivity index (χ4n) is 2.13. The first-order chi connectivity index (χ1) is 9.49. The topological polar surface area (TPSA) is 20.3 Å². The van der Waals surface area contributed by atoms with Crippen molar-refractivity contribution in [2.75, 3.05) is 11.9 Å². The van der Waals surface area contributed by atoms with Crippen molar-refractivity contribution in [1.29, 1.82) is 0 Å². The van der Waals surface area contributed by atoms with E-state index < -0.39 is 5.82 Å². The van der Waals surface area contributed by atoms with Gasteiger partial charge in [0.25, 0.3) is 0 Å². The average Bonchev–Trinajstić information content (AvgIpc) is 2.40. The van der Waals surface area contributed by atoms with Crippen molar-refractivity contribution in [1.82, 2.24) is 0 Å². The van der Waals surface area contributed by atoms with E-state index in [1.54, 1.807) is 36.2 Å². The van der Waals surface area contributed by atoms with Crippen LogP contribution in [-0.4, -0.2) is 12.8 Å². The quantitative estimate of drug-likeness (QED) is 0.782. The normalized spacial score (nSPS) is 10.4. The second kappa shape index (κ2) is 6.06. The van der Waals surface area contributed by atoms with E-state index in [4.69, 9.17) is 11.6 Å². The standard InChI is InChI=1S/C16H15ClFNO/c1-11(20)14-4-3-5-15(18)16(14)19(2)10-12-6-8-13(17)9-7-12/h3-9H,10H2,1-2H3. The maximum atomic E-state index is 14.0. The van der Waals surface area contributed by atoms with Crippen LogP contribution in [0.25, 0.3) is 0 Å². The predicted molar refractivity (Wildman–Crippen MR) is 80.0 cm³/mol. The minimum absolute atomic E-state index is 0.151. The number of rotatable bonds is 4. The first kappa shape index (κ1) is 14.5. The lowest BCUT2D eigenvalue weighted by atomic mass is 10.1. The van der Waals surface area contributed by atoms with E-state index >= 15 is 0 Å². The van der Waals surface area contributed by atoms with Crippen molar-refractivity contribution in [3.05, 3.63) is 64.4 Å². The molecular formula is C16H15ClFNO. The Balaban J connectivity index is 2.31. The summed E-state index contributed by atoms with van der Waals surface area (Å²) in [5, 5.41) is 0.659. The van der Waals surface area contributed by atoms with E-state index in [0.29, 0.717) is 22.8 Å². The van der Waals surface area contributed by atoms with Gasteiger partial charge >= 0.3 is 0 Å². The Morgan fingerprint density at radius 1 is 1.20 bits per heavy atom. The summed E-state index contributed by atoms with van der Waals surface area (Å²) >= 11 is 5.84. The minimum Gasteiger partial charge on any atom is -0.367 e. The Bertz CT molecular complexity index is 625. The van der Waals surface area contributed by atoms with Gasteiger partial charge in [0.05, 0.1) is 5.69 Å². The molecule has 0 spiro atoms. The van der Waals surface area contributed by atoms with Gasteiger partial charge in [0, 0.05) is 24.2 Å². The maximum absolute atomic E-state index is 14.0. The monoisotopic (exact) mass is 291 g/mol. The van der Waals surface area contributed by atoms with E-state index in [-0.39, 0.29) is 5.78 Å². The number of Topliss-reactive ketones (excluding diaryl/α,β-unsaturated/α-hetero) is 1. The van der Waals surface area contributed by atoms with E-state index in [0.717, 1.165) is 5.56 Å². The van der Waals surface area contributed by atoms with Crippen molar-refractivity contribution in [3.8, 4) is 0 Å². The molecule has 0 saturated carbocycles. The van der Waals surface area contributed by atoms with Crippen molar-refractivity contribution in [2.45, 2.75) is 13.5 Å². The van der Waals surface area contributed by atoms with Gasteiger partial charge in [0.1, 0.15) is 5.82 Å². The molecule has 2 nitrogen and oxygen atoms in total. The fourth-order valence-corrected chi connectivity index (χ4v) is 2.26. The largest absolute Gasteiger partial charge is 0.367 e. The maximum Gasteiger partial charge on any atom is 0.161 e. The Hall–Kier alpha value is -1.87. The zero-order valence-electron chi connectivity index (χ0n) is 11.4. The minimum atomic E-state index is -0.394. The number of para-hydroxylation sites is 1. The number of nitrogens with zero attached hydrogens (tertiary/aromatic N) is 1. The molecule has 0 unspecified atom stereocenters. The van der Waals surface area contributed by atoms with Crippen LogP contribution in [0.5, 0.6) is 0 Å². The van der Waals surface area contributed by atoms with Gasteiger partial charge in [-0.05, 0) is 36.8 Å². The molecule has 2 aromatic carbocycles. The molecule has 0 aliphatic heterocycles. The Morgan fingerprint density at radius 3 is 2.45 bits per heavy atom. The van der Waals surface area contributed by atoms with E-state index in [9.17, 15) is 9.18 Å². The summed E-state index contributed by atoms with van der Waals surface area (Å²) in [6, 6.07) is 11.9. The third kappa shape index (κ3) is 3.17. The summed E-state index contributed by atoms with van der Waals surface area (Å²) in [6.45, 7) is 1.94. The number of halogens is 2. The molecule has 0 aliphatic carbocycles. The smallest absolute Gasteiger partial charge is 0.161 e. The first-order valence-electron chi connectivity index (χ1n) is 6.24. The Kier molecular flexibility index (Phi) is 4.40. The zero-order chi connectivity index (χ0) is 14.7. The van der Waals surface area contributed by atoms with Crippen molar-refractivity contribution >= 4 is 23.1 Å². The van der Waals surface area contributed by atoms with Gasteiger partial charge in [-0.2, -0.15) is 0 Å². The van der Waals surface area contributed by atoms with E-state index in [1.165, 1.54) is 13.0 Å². The summed E-state index contributed by atoms with van der Waals surface area (Å²) in [4.78, 5) is 13.3. The highest BCUT2D eigenvalue weighted by molar-refractivity contribution is 6.30. The molecule has 104 valence electrons. The molecule has 0 bridgehead atoms. The van der Waals surface area contributed by atoms with Gasteiger partial charge in [-0.25, -0.2) is 4.39 Å². The summed E-state index contributed by atoms with van der Waals surface area (Å²) in [5.74, 6) is -0.545. The highest BCUT2D eigenvalue weighted by atomic mass is 35.5. The van der Waals surface area contributed by atoms with Crippen LogP contribution in [0.15, 0.2) is 42.5 Å². The molecule has 0 atom stereocenters. The lowest BCUT2D eigenvalue weighted by Gasteiger charge is -2.22. The van der Waals surface area contributed by atoms with Crippen LogP contribution < -0.4 is 4.90 Å². The van der Waals surface area contributed by atoms with Gasteiger partial charge in [-0.1, -0.05) is 29.8 Å². The van der Waals surface area contributed by atoms with Gasteiger partial charge in [-0.3, -0.25) is 4.79 Å². The molecule has 20 heavy (non-hydrogen) atoms. The number of anilines is 1. The van der Waals surface area contributed by atoms with Crippen molar-refractivity contribution in [2.24, 2.45) is 0 Å². The molecule has 0 aromatic heterocycles. The lowest BCUT2D eigenvalue weighted by Crippen LogP contribution is -2.20. The van der Waals surface area contributed by atoms with Gasteiger partial charge in [-0.15, -0.1) is 0 Å². The molecule has 4 heteroatoms. The SMILES string of the molecule is CC(=O)c1cccc(F)c1N(C)Cc1ccc(Cl)cc1. The van der Waals surface area contributed by atoms with Crippen LogP contribution in [0.3, 0.4) is 0 Å². The first-order valence-corrected chi connectivity index (χ1v) is 6.62. The highest BCUT2D eigenvalue weighted by Crippen LogP contribution is 2.25. The van der Waals surface area contributed by atoms with Crippen LogP contribution in [0.1, 0.15) is 22.8 Å². The summed E-state index contributed by atoms with van der Waals surface area (Å²) in [6.07, 6.45) is 0. The molecule has 0 N–H and O–H groups in total. The molecule has 2 aromatic rings. The van der Waals surface area contributed by atoms with Gasteiger partial charge in [0.2, 0.25) is 0 Å². The van der Waals surface area contributed by atoms with E-state index in [2.05, 4.69) is 0 Å². The number of carbonyl (C=O) groups is 1. The van der Waals surface area contributed by atoms with Crippen molar-refractivity contribution < 1.29 is 9.18 Å².